The maximum absolute atomic E-state index is 5.42. The molecule has 0 fully saturated rings. The van der Waals surface area contributed by atoms with Crippen molar-refractivity contribution in [3.63, 3.8) is 0 Å². The van der Waals surface area contributed by atoms with Crippen molar-refractivity contribution in [2.24, 2.45) is 0 Å². The number of nitrogens with zero attached hydrogens (tertiary/aromatic N) is 9. The first-order chi connectivity index (χ1) is 37.2. The van der Waals surface area contributed by atoms with Crippen LogP contribution in [0.1, 0.15) is 0 Å². The van der Waals surface area contributed by atoms with Crippen molar-refractivity contribution in [1.82, 2.24) is 43.4 Å². The molecule has 0 saturated heterocycles. The van der Waals surface area contributed by atoms with E-state index in [0.717, 1.165) is 87.9 Å². The largest absolute Gasteiger partial charge is 0.308 e. The number of rotatable bonds is 7. The van der Waals surface area contributed by atoms with Gasteiger partial charge in [-0.2, -0.15) is 9.97 Å². The summed E-state index contributed by atoms with van der Waals surface area (Å²) in [4.78, 5) is 31.9. The zero-order chi connectivity index (χ0) is 49.1. The van der Waals surface area contributed by atoms with E-state index in [9.17, 15) is 0 Å². The van der Waals surface area contributed by atoms with Gasteiger partial charge in [-0.3, -0.25) is 4.57 Å². The van der Waals surface area contributed by atoms with Gasteiger partial charge in [0.25, 0.3) is 0 Å². The average molecular weight is 958 g/mol. The topological polar surface area (TPSA) is 91.6 Å². The van der Waals surface area contributed by atoms with Crippen molar-refractivity contribution >= 4 is 81.7 Å². The first-order valence-corrected chi connectivity index (χ1v) is 25.1. The van der Waals surface area contributed by atoms with Crippen LogP contribution in [0, 0.1) is 0 Å². The molecule has 10 aromatic carbocycles. The number of aromatic nitrogens is 9. The van der Waals surface area contributed by atoms with E-state index in [1.165, 1.54) is 27.3 Å². The Hall–Kier alpha value is -10.4. The molecular weight excluding hydrogens is 919 g/mol. The fraction of sp³-hybridized carbons (Fsp3) is 0. The van der Waals surface area contributed by atoms with Crippen LogP contribution in [-0.2, 0) is 0 Å². The van der Waals surface area contributed by atoms with Gasteiger partial charge in [-0.25, -0.2) is 19.9 Å². The van der Waals surface area contributed by atoms with Crippen molar-refractivity contribution in [3.05, 3.63) is 237 Å². The molecule has 0 aliphatic carbocycles. The van der Waals surface area contributed by atoms with Crippen molar-refractivity contribution < 1.29 is 0 Å². The molecule has 16 rings (SSSR count). The average Bonchev–Trinajstić information content (AvgIpc) is 4.27. The lowest BCUT2D eigenvalue weighted by Crippen LogP contribution is -2.07. The van der Waals surface area contributed by atoms with Crippen molar-refractivity contribution in [1.29, 1.82) is 0 Å². The van der Waals surface area contributed by atoms with E-state index < -0.39 is 0 Å². The summed E-state index contributed by atoms with van der Waals surface area (Å²) in [5, 5.41) is 9.00. The van der Waals surface area contributed by atoms with Gasteiger partial charge in [0.1, 0.15) is 0 Å². The second-order valence-electron chi connectivity index (χ2n) is 19.1. The highest BCUT2D eigenvalue weighted by Crippen LogP contribution is 2.44. The van der Waals surface area contributed by atoms with Gasteiger partial charge in [0.15, 0.2) is 29.1 Å². The van der Waals surface area contributed by atoms with Crippen LogP contribution in [0.5, 0.6) is 0 Å². The van der Waals surface area contributed by atoms with Gasteiger partial charge in [0.05, 0.1) is 38.6 Å². The minimum atomic E-state index is 0.508. The van der Waals surface area contributed by atoms with Crippen LogP contribution < -0.4 is 0 Å². The first kappa shape index (κ1) is 41.3. The summed E-state index contributed by atoms with van der Waals surface area (Å²) in [5.41, 5.74) is 13.1. The Labute approximate surface area is 428 Å². The molecule has 6 heterocycles. The lowest BCUT2D eigenvalue weighted by molar-refractivity contribution is 0.953. The van der Waals surface area contributed by atoms with E-state index in [1.807, 2.05) is 78.9 Å². The predicted molar refractivity (Wildman–Crippen MR) is 304 cm³/mol. The SMILES string of the molecule is c1ccc(-c2nc(-c3ccc4c(c3)c3ccc5c6ccccc6n(-c6ccccc6)c5c3n4-c3nc(-c4ccccc4)nc(-c4ccccc4)n3)nc(-c3cc4c5ccccc5n5c6ccccc6c(c3)c45)n2)cc1. The van der Waals surface area contributed by atoms with E-state index >= 15 is 0 Å². The van der Waals surface area contributed by atoms with Crippen LogP contribution >= 0.6 is 0 Å². The zero-order valence-corrected chi connectivity index (χ0v) is 40.0. The Morgan fingerprint density at radius 2 is 0.613 bits per heavy atom. The number of hydrogen-bond donors (Lipinski definition) is 0. The summed E-state index contributed by atoms with van der Waals surface area (Å²) in [5.74, 6) is 3.43. The Kier molecular flexibility index (Phi) is 8.84. The summed E-state index contributed by atoms with van der Waals surface area (Å²) < 4.78 is 7.01. The molecule has 0 aliphatic heterocycles. The van der Waals surface area contributed by atoms with Crippen LogP contribution in [0.25, 0.3) is 150 Å². The monoisotopic (exact) mass is 957 g/mol. The minimum Gasteiger partial charge on any atom is -0.308 e. The molecule has 0 bridgehead atoms. The highest BCUT2D eigenvalue weighted by molar-refractivity contribution is 6.25. The fourth-order valence-electron chi connectivity index (χ4n) is 11.6. The second kappa shape index (κ2) is 16.1. The van der Waals surface area contributed by atoms with Gasteiger partial charge in [0.2, 0.25) is 5.95 Å². The third-order valence-corrected chi connectivity index (χ3v) is 14.9. The molecule has 0 radical (unpaired) electrons. The van der Waals surface area contributed by atoms with E-state index in [1.54, 1.807) is 0 Å². The molecule has 348 valence electrons. The Morgan fingerprint density at radius 3 is 1.16 bits per heavy atom. The van der Waals surface area contributed by atoms with Crippen LogP contribution in [0.15, 0.2) is 237 Å². The summed E-state index contributed by atoms with van der Waals surface area (Å²) in [6.07, 6.45) is 0. The number of benzene rings is 10. The standard InChI is InChI=1S/C66H39N9/c1-5-19-40(20-6-1)61-67-64(70-65(68-61)44-38-52-47-28-14-17-31-55(47)74-56-32-18-15-29-48(56)53(39-44)58(52)74)43-33-36-57-51(37-43)50-35-34-49-46-27-13-16-30-54(46)73(45-25-11-4-12-26-45)59(49)60(50)75(57)66-71-62(41-21-7-2-8-22-41)69-63(72-66)42-23-9-3-10-24-42/h1-39H. The smallest absolute Gasteiger partial charge is 0.238 e. The van der Waals surface area contributed by atoms with Crippen molar-refractivity contribution in [3.8, 4) is 68.6 Å². The highest BCUT2D eigenvalue weighted by atomic mass is 15.2. The van der Waals surface area contributed by atoms with E-state index in [0.29, 0.717) is 35.1 Å². The van der Waals surface area contributed by atoms with Crippen LogP contribution in [0.4, 0.5) is 0 Å². The molecule has 0 atom stereocenters. The molecule has 0 saturated carbocycles. The van der Waals surface area contributed by atoms with Gasteiger partial charge >= 0.3 is 0 Å². The molecule has 6 aromatic heterocycles. The third kappa shape index (κ3) is 6.25. The fourth-order valence-corrected chi connectivity index (χ4v) is 11.6. The molecule has 9 nitrogen and oxygen atoms in total. The normalized spacial score (nSPS) is 12.0. The maximum atomic E-state index is 5.42. The summed E-state index contributed by atoms with van der Waals surface area (Å²) in [6, 6.07) is 82.6. The summed E-state index contributed by atoms with van der Waals surface area (Å²) >= 11 is 0. The van der Waals surface area contributed by atoms with Crippen LogP contribution in [-0.4, -0.2) is 43.4 Å². The van der Waals surface area contributed by atoms with Gasteiger partial charge in [-0.05, 0) is 60.7 Å². The predicted octanol–water partition coefficient (Wildman–Crippen LogP) is 15.7. The highest BCUT2D eigenvalue weighted by Gasteiger charge is 2.26. The lowest BCUT2D eigenvalue weighted by atomic mass is 10.0. The number of fused-ring (bicyclic) bond motifs is 13. The van der Waals surface area contributed by atoms with Crippen LogP contribution in [0.2, 0.25) is 0 Å². The zero-order valence-electron chi connectivity index (χ0n) is 40.0. The Bertz CT molecular complexity index is 4790. The molecule has 75 heavy (non-hydrogen) atoms. The van der Waals surface area contributed by atoms with Gasteiger partial charge in [-0.1, -0.05) is 176 Å². The van der Waals surface area contributed by atoms with Gasteiger partial charge in [-0.15, -0.1) is 0 Å². The van der Waals surface area contributed by atoms with E-state index in [2.05, 4.69) is 171 Å². The quantitative estimate of drug-likeness (QED) is 0.158. The number of hydrogen-bond acceptors (Lipinski definition) is 6. The molecular formula is C66H39N9. The van der Waals surface area contributed by atoms with E-state index in [-0.39, 0.29) is 0 Å². The van der Waals surface area contributed by atoms with E-state index in [4.69, 9.17) is 29.9 Å². The maximum Gasteiger partial charge on any atom is 0.238 e. The number of para-hydroxylation sites is 4. The Balaban J connectivity index is 0.990. The first-order valence-electron chi connectivity index (χ1n) is 25.1. The van der Waals surface area contributed by atoms with Crippen LogP contribution in [0.3, 0.4) is 0 Å². The molecule has 16 aromatic rings. The van der Waals surface area contributed by atoms with Gasteiger partial charge in [0, 0.05) is 76.6 Å². The second-order valence-corrected chi connectivity index (χ2v) is 19.1. The molecule has 9 heteroatoms. The molecule has 0 amide bonds. The molecule has 0 N–H and O–H groups in total. The molecule has 0 spiro atoms. The third-order valence-electron chi connectivity index (χ3n) is 14.9. The minimum absolute atomic E-state index is 0.508. The van der Waals surface area contributed by atoms with Gasteiger partial charge < -0.3 is 8.97 Å². The Morgan fingerprint density at radius 1 is 0.227 bits per heavy atom. The summed E-state index contributed by atoms with van der Waals surface area (Å²) in [6.45, 7) is 0. The van der Waals surface area contributed by atoms with Crippen molar-refractivity contribution in [2.45, 2.75) is 0 Å². The molecule has 0 aliphatic rings. The van der Waals surface area contributed by atoms with Crippen molar-refractivity contribution in [2.75, 3.05) is 0 Å². The lowest BCUT2D eigenvalue weighted by Gasteiger charge is -2.13. The summed E-state index contributed by atoms with van der Waals surface area (Å²) in [7, 11) is 0. The molecule has 0 unspecified atom stereocenters.